The second kappa shape index (κ2) is 6.00. The van der Waals surface area contributed by atoms with E-state index in [1.54, 1.807) is 59.0 Å². The standard InChI is InChI=1S/C20H11IO4/c21-20(24)12-7-5-11(6-8-12)19-18(23)17(22)15-9-13-3-1-2-4-14(13)10-16(15)25-19/h1-10,23H. The molecule has 0 aliphatic carbocycles. The lowest BCUT2D eigenvalue weighted by molar-refractivity contribution is 0.110. The van der Waals surface area contributed by atoms with Crippen molar-refractivity contribution in [1.82, 2.24) is 0 Å². The number of aromatic hydroxyl groups is 1. The summed E-state index contributed by atoms with van der Waals surface area (Å²) in [5, 5.41) is 12.5. The normalized spacial score (nSPS) is 11.1. The van der Waals surface area contributed by atoms with Gasteiger partial charge in [-0.25, -0.2) is 0 Å². The van der Waals surface area contributed by atoms with Crippen LogP contribution in [0.4, 0.5) is 0 Å². The quantitative estimate of drug-likeness (QED) is 0.273. The summed E-state index contributed by atoms with van der Waals surface area (Å²) in [6.45, 7) is 0. The van der Waals surface area contributed by atoms with Crippen LogP contribution in [0, 0.1) is 0 Å². The average molecular weight is 442 g/mol. The number of hydrogen-bond donors (Lipinski definition) is 1. The molecule has 0 saturated heterocycles. The van der Waals surface area contributed by atoms with Crippen LogP contribution in [0.1, 0.15) is 10.4 Å². The first kappa shape index (κ1) is 15.8. The van der Waals surface area contributed by atoms with Crippen LogP contribution in [0.5, 0.6) is 5.75 Å². The van der Waals surface area contributed by atoms with Crippen molar-refractivity contribution in [3.05, 3.63) is 76.5 Å². The molecule has 0 unspecified atom stereocenters. The van der Waals surface area contributed by atoms with Crippen LogP contribution in [0.2, 0.25) is 0 Å². The van der Waals surface area contributed by atoms with E-state index in [0.29, 0.717) is 22.1 Å². The molecule has 0 amide bonds. The van der Waals surface area contributed by atoms with E-state index in [4.69, 9.17) is 4.42 Å². The Hall–Kier alpha value is -2.67. The lowest BCUT2D eigenvalue weighted by Crippen LogP contribution is -2.02. The molecule has 0 atom stereocenters. The first-order valence-electron chi connectivity index (χ1n) is 7.53. The fraction of sp³-hybridized carbons (Fsp3) is 0. The van der Waals surface area contributed by atoms with Crippen LogP contribution >= 0.6 is 22.6 Å². The van der Waals surface area contributed by atoms with Crippen molar-refractivity contribution in [2.75, 3.05) is 0 Å². The Balaban J connectivity index is 1.98. The second-order valence-corrected chi connectivity index (χ2v) is 6.64. The van der Waals surface area contributed by atoms with Gasteiger partial charge < -0.3 is 9.52 Å². The zero-order valence-corrected chi connectivity index (χ0v) is 15.0. The molecule has 0 bridgehead atoms. The molecule has 5 heteroatoms. The maximum Gasteiger partial charge on any atom is 0.235 e. The van der Waals surface area contributed by atoms with E-state index in [0.717, 1.165) is 10.8 Å². The number of rotatable bonds is 2. The van der Waals surface area contributed by atoms with Crippen molar-refractivity contribution >= 4 is 48.1 Å². The van der Waals surface area contributed by atoms with Gasteiger partial charge in [-0.2, -0.15) is 0 Å². The highest BCUT2D eigenvalue weighted by Crippen LogP contribution is 2.32. The van der Waals surface area contributed by atoms with E-state index < -0.39 is 11.2 Å². The lowest BCUT2D eigenvalue weighted by Gasteiger charge is -2.07. The summed E-state index contributed by atoms with van der Waals surface area (Å²) in [7, 11) is 0. The van der Waals surface area contributed by atoms with Gasteiger partial charge in [-0.3, -0.25) is 9.59 Å². The summed E-state index contributed by atoms with van der Waals surface area (Å²) in [6, 6.07) is 17.7. The van der Waals surface area contributed by atoms with Crippen LogP contribution in [0.15, 0.2) is 69.9 Å². The van der Waals surface area contributed by atoms with E-state index >= 15 is 0 Å². The van der Waals surface area contributed by atoms with Crippen LogP contribution in [0.3, 0.4) is 0 Å². The Kier molecular flexibility index (Phi) is 3.80. The first-order chi connectivity index (χ1) is 12.0. The van der Waals surface area contributed by atoms with Crippen molar-refractivity contribution < 1.29 is 14.3 Å². The summed E-state index contributed by atoms with van der Waals surface area (Å²) in [5.74, 6) is -0.337. The molecule has 4 rings (SSSR count). The van der Waals surface area contributed by atoms with Crippen LogP contribution in [0.25, 0.3) is 33.1 Å². The molecule has 25 heavy (non-hydrogen) atoms. The van der Waals surface area contributed by atoms with Crippen molar-refractivity contribution in [1.29, 1.82) is 0 Å². The van der Waals surface area contributed by atoms with Gasteiger partial charge in [0.15, 0.2) is 5.76 Å². The molecule has 0 radical (unpaired) electrons. The van der Waals surface area contributed by atoms with E-state index in [9.17, 15) is 14.7 Å². The smallest absolute Gasteiger partial charge is 0.235 e. The molecule has 0 spiro atoms. The number of hydrogen-bond acceptors (Lipinski definition) is 4. The molecule has 4 aromatic rings. The molecule has 1 N–H and O–H groups in total. The van der Waals surface area contributed by atoms with Crippen LogP contribution < -0.4 is 5.43 Å². The number of carbonyl (C=O) groups is 1. The van der Waals surface area contributed by atoms with Crippen molar-refractivity contribution in [3.8, 4) is 17.1 Å². The molecular weight excluding hydrogens is 431 g/mol. The van der Waals surface area contributed by atoms with E-state index in [-0.39, 0.29) is 9.55 Å². The Morgan fingerprint density at radius 2 is 1.60 bits per heavy atom. The zero-order valence-electron chi connectivity index (χ0n) is 12.8. The van der Waals surface area contributed by atoms with E-state index in [1.165, 1.54) is 0 Å². The van der Waals surface area contributed by atoms with E-state index in [1.807, 2.05) is 24.3 Å². The van der Waals surface area contributed by atoms with Crippen LogP contribution in [-0.2, 0) is 0 Å². The maximum atomic E-state index is 12.6. The topological polar surface area (TPSA) is 67.5 Å². The first-order valence-corrected chi connectivity index (χ1v) is 8.61. The van der Waals surface area contributed by atoms with Gasteiger partial charge in [-0.15, -0.1) is 0 Å². The molecule has 4 nitrogen and oxygen atoms in total. The Labute approximate surface area is 155 Å². The zero-order chi connectivity index (χ0) is 17.6. The number of fused-ring (bicyclic) bond motifs is 2. The number of benzene rings is 3. The van der Waals surface area contributed by atoms with Gasteiger partial charge in [0.25, 0.3) is 0 Å². The highest BCUT2D eigenvalue weighted by atomic mass is 127. The summed E-state index contributed by atoms with van der Waals surface area (Å²) in [4.78, 5) is 24.0. The third kappa shape index (κ3) is 2.70. The predicted octanol–water partition coefficient (Wildman–Crippen LogP) is 4.89. The third-order valence-corrected chi connectivity index (χ3v) is 4.73. The summed E-state index contributed by atoms with van der Waals surface area (Å²) in [6.07, 6.45) is 0. The molecule has 0 aliphatic rings. The minimum Gasteiger partial charge on any atom is -0.502 e. The van der Waals surface area contributed by atoms with Gasteiger partial charge in [0.2, 0.25) is 15.0 Å². The van der Waals surface area contributed by atoms with Crippen molar-refractivity contribution in [2.24, 2.45) is 0 Å². The summed E-state index contributed by atoms with van der Waals surface area (Å²) < 4.78 is 5.75. The van der Waals surface area contributed by atoms with Crippen molar-refractivity contribution in [2.45, 2.75) is 0 Å². The molecule has 1 aromatic heterocycles. The minimum absolute atomic E-state index is 0.0835. The molecule has 3 aromatic carbocycles. The van der Waals surface area contributed by atoms with Crippen molar-refractivity contribution in [3.63, 3.8) is 0 Å². The van der Waals surface area contributed by atoms with Gasteiger partial charge in [-0.05, 0) is 35.0 Å². The van der Waals surface area contributed by atoms with Gasteiger partial charge in [-0.1, -0.05) is 36.4 Å². The SMILES string of the molecule is O=C(I)c1ccc(-c2oc3cc4ccccc4cc3c(=O)c2O)cc1. The number of carbonyl (C=O) groups excluding carboxylic acids is 1. The Morgan fingerprint density at radius 1 is 0.960 bits per heavy atom. The van der Waals surface area contributed by atoms with E-state index in [2.05, 4.69) is 0 Å². The number of halogens is 1. The average Bonchev–Trinajstić information content (AvgIpc) is 2.63. The molecule has 0 fully saturated rings. The van der Waals surface area contributed by atoms with Gasteiger partial charge in [0, 0.05) is 33.7 Å². The van der Waals surface area contributed by atoms with Gasteiger partial charge in [0.1, 0.15) is 5.58 Å². The predicted molar refractivity (Wildman–Crippen MR) is 105 cm³/mol. The molecule has 1 heterocycles. The highest BCUT2D eigenvalue weighted by molar-refractivity contribution is 14.1. The van der Waals surface area contributed by atoms with Gasteiger partial charge in [0.05, 0.1) is 5.39 Å². The lowest BCUT2D eigenvalue weighted by atomic mass is 10.1. The summed E-state index contributed by atoms with van der Waals surface area (Å²) >= 11 is 1.70. The molecule has 0 saturated carbocycles. The largest absolute Gasteiger partial charge is 0.502 e. The van der Waals surface area contributed by atoms with Crippen LogP contribution in [-0.4, -0.2) is 8.90 Å². The third-order valence-electron chi connectivity index (χ3n) is 4.11. The summed E-state index contributed by atoms with van der Waals surface area (Å²) in [5.41, 5.74) is 1.01. The Morgan fingerprint density at radius 3 is 2.24 bits per heavy atom. The fourth-order valence-electron chi connectivity index (χ4n) is 2.82. The highest BCUT2D eigenvalue weighted by Gasteiger charge is 2.16. The minimum atomic E-state index is -0.476. The molecule has 122 valence electrons. The van der Waals surface area contributed by atoms with Gasteiger partial charge >= 0.3 is 0 Å². The fourth-order valence-corrected chi connectivity index (χ4v) is 3.18. The Bertz CT molecular complexity index is 1190. The molecular formula is C20H11IO4. The maximum absolute atomic E-state index is 12.6. The monoisotopic (exact) mass is 442 g/mol. The second-order valence-electron chi connectivity index (χ2n) is 5.66. The molecule has 0 aliphatic heterocycles.